The van der Waals surface area contributed by atoms with Gasteiger partial charge >= 0.3 is 0 Å². The van der Waals surface area contributed by atoms with E-state index in [0.29, 0.717) is 17.3 Å². The second kappa shape index (κ2) is 5.35. The van der Waals surface area contributed by atoms with Crippen molar-refractivity contribution >= 4 is 11.6 Å². The van der Waals surface area contributed by atoms with Gasteiger partial charge in [-0.25, -0.2) is 0 Å². The van der Waals surface area contributed by atoms with Crippen LogP contribution in [0.1, 0.15) is 31.0 Å². The molecule has 5 nitrogen and oxygen atoms in total. The Labute approximate surface area is 109 Å². The molecule has 96 valence electrons. The summed E-state index contributed by atoms with van der Waals surface area (Å²) in [5, 5.41) is 3.59. The Balaban J connectivity index is 2.29. The van der Waals surface area contributed by atoms with Gasteiger partial charge in [0.05, 0.1) is 5.38 Å². The van der Waals surface area contributed by atoms with Crippen molar-refractivity contribution < 1.29 is 4.52 Å². The third kappa shape index (κ3) is 2.61. The number of rotatable bonds is 4. The van der Waals surface area contributed by atoms with Crippen molar-refractivity contribution in [3.05, 3.63) is 34.5 Å². The summed E-state index contributed by atoms with van der Waals surface area (Å²) in [4.78, 5) is 15.7. The van der Waals surface area contributed by atoms with Crippen molar-refractivity contribution in [2.24, 2.45) is 7.05 Å². The third-order valence-corrected chi connectivity index (χ3v) is 3.03. The highest BCUT2D eigenvalue weighted by Crippen LogP contribution is 2.25. The van der Waals surface area contributed by atoms with Gasteiger partial charge in [0, 0.05) is 24.9 Å². The van der Waals surface area contributed by atoms with Gasteiger partial charge in [0.2, 0.25) is 0 Å². The molecule has 0 aromatic carbocycles. The third-order valence-electron chi connectivity index (χ3n) is 2.62. The van der Waals surface area contributed by atoms with Crippen molar-refractivity contribution in [3.63, 3.8) is 0 Å². The first kappa shape index (κ1) is 12.8. The van der Waals surface area contributed by atoms with E-state index in [1.165, 1.54) is 10.6 Å². The van der Waals surface area contributed by atoms with Crippen LogP contribution in [0.3, 0.4) is 0 Å². The van der Waals surface area contributed by atoms with Gasteiger partial charge in [0.25, 0.3) is 11.4 Å². The smallest absolute Gasteiger partial charge is 0.258 e. The lowest BCUT2D eigenvalue weighted by Crippen LogP contribution is -2.14. The molecule has 2 rings (SSSR count). The summed E-state index contributed by atoms with van der Waals surface area (Å²) in [7, 11) is 1.68. The quantitative estimate of drug-likeness (QED) is 0.799. The lowest BCUT2D eigenvalue weighted by Gasteiger charge is -1.99. The van der Waals surface area contributed by atoms with Crippen LogP contribution in [-0.2, 0) is 7.05 Å². The number of pyridine rings is 1. The number of hydrogen-bond acceptors (Lipinski definition) is 4. The molecule has 0 saturated carbocycles. The molecule has 2 aromatic heterocycles. The minimum absolute atomic E-state index is 0.122. The van der Waals surface area contributed by atoms with Crippen molar-refractivity contribution in [1.29, 1.82) is 0 Å². The van der Waals surface area contributed by atoms with E-state index in [-0.39, 0.29) is 10.9 Å². The summed E-state index contributed by atoms with van der Waals surface area (Å²) in [6.07, 6.45) is 3.40. The molecule has 0 aliphatic carbocycles. The Morgan fingerprint density at radius 3 is 3.00 bits per heavy atom. The van der Waals surface area contributed by atoms with Crippen LogP contribution in [0.25, 0.3) is 11.5 Å². The first-order valence-electron chi connectivity index (χ1n) is 5.76. The van der Waals surface area contributed by atoms with Crippen LogP contribution >= 0.6 is 11.6 Å². The van der Waals surface area contributed by atoms with Gasteiger partial charge in [-0.15, -0.1) is 11.6 Å². The number of alkyl halides is 1. The average molecular weight is 268 g/mol. The maximum atomic E-state index is 11.5. The fraction of sp³-hybridized carbons (Fsp3) is 0.417. The molecule has 0 saturated heterocycles. The topological polar surface area (TPSA) is 60.9 Å². The van der Waals surface area contributed by atoms with Gasteiger partial charge in [0.1, 0.15) is 0 Å². The highest BCUT2D eigenvalue weighted by molar-refractivity contribution is 6.20. The standard InChI is InChI=1S/C12H14ClN3O2/c1-3-4-9(13)11-14-12(18-15-11)8-5-6-16(2)10(17)7-8/h5-7,9H,3-4H2,1-2H3. The Kier molecular flexibility index (Phi) is 3.81. The maximum absolute atomic E-state index is 11.5. The van der Waals surface area contributed by atoms with Crippen LogP contribution in [0.2, 0.25) is 0 Å². The molecule has 6 heteroatoms. The van der Waals surface area contributed by atoms with Crippen LogP contribution in [0.15, 0.2) is 27.6 Å². The SMILES string of the molecule is CCCC(Cl)c1noc(-c2ccn(C)c(=O)c2)n1. The zero-order chi connectivity index (χ0) is 13.1. The monoisotopic (exact) mass is 267 g/mol. The van der Waals surface area contributed by atoms with Gasteiger partial charge in [-0.2, -0.15) is 4.98 Å². The summed E-state index contributed by atoms with van der Waals surface area (Å²) >= 11 is 6.11. The van der Waals surface area contributed by atoms with Crippen LogP contribution in [0.5, 0.6) is 0 Å². The van der Waals surface area contributed by atoms with E-state index in [0.717, 1.165) is 12.8 Å². The summed E-state index contributed by atoms with van der Waals surface area (Å²) in [5.74, 6) is 0.790. The Morgan fingerprint density at radius 1 is 1.56 bits per heavy atom. The van der Waals surface area contributed by atoms with Crippen molar-refractivity contribution in [2.45, 2.75) is 25.1 Å². The van der Waals surface area contributed by atoms with Crippen LogP contribution in [-0.4, -0.2) is 14.7 Å². The predicted octanol–water partition coefficient (Wildman–Crippen LogP) is 2.52. The summed E-state index contributed by atoms with van der Waals surface area (Å²) < 4.78 is 6.59. The summed E-state index contributed by atoms with van der Waals surface area (Å²) in [6.45, 7) is 2.04. The zero-order valence-corrected chi connectivity index (χ0v) is 11.0. The number of halogens is 1. The van der Waals surface area contributed by atoms with E-state index in [4.69, 9.17) is 16.1 Å². The molecule has 1 unspecified atom stereocenters. The fourth-order valence-electron chi connectivity index (χ4n) is 1.54. The van der Waals surface area contributed by atoms with Gasteiger partial charge in [-0.1, -0.05) is 18.5 Å². The van der Waals surface area contributed by atoms with Gasteiger partial charge in [-0.05, 0) is 12.5 Å². The molecule has 0 aliphatic heterocycles. The molecule has 0 fully saturated rings. The minimum atomic E-state index is -0.251. The van der Waals surface area contributed by atoms with Gasteiger partial charge in [0.15, 0.2) is 5.82 Å². The lowest BCUT2D eigenvalue weighted by molar-refractivity contribution is 0.420. The average Bonchev–Trinajstić information content (AvgIpc) is 2.82. The second-order valence-electron chi connectivity index (χ2n) is 4.08. The van der Waals surface area contributed by atoms with E-state index in [9.17, 15) is 4.79 Å². The molecule has 0 N–H and O–H groups in total. The first-order valence-corrected chi connectivity index (χ1v) is 6.20. The number of nitrogens with zero attached hydrogens (tertiary/aromatic N) is 3. The minimum Gasteiger partial charge on any atom is -0.334 e. The van der Waals surface area contributed by atoms with E-state index in [1.807, 2.05) is 6.92 Å². The highest BCUT2D eigenvalue weighted by atomic mass is 35.5. The van der Waals surface area contributed by atoms with E-state index >= 15 is 0 Å². The van der Waals surface area contributed by atoms with Crippen LogP contribution in [0.4, 0.5) is 0 Å². The largest absolute Gasteiger partial charge is 0.334 e. The van der Waals surface area contributed by atoms with E-state index < -0.39 is 0 Å². The van der Waals surface area contributed by atoms with E-state index in [1.54, 1.807) is 19.3 Å². The van der Waals surface area contributed by atoms with Crippen molar-refractivity contribution in [3.8, 4) is 11.5 Å². The fourth-order valence-corrected chi connectivity index (χ4v) is 1.85. The molecule has 0 spiro atoms. The Bertz CT molecular complexity index is 591. The summed E-state index contributed by atoms with van der Waals surface area (Å²) in [6, 6.07) is 3.21. The molecule has 0 bridgehead atoms. The van der Waals surface area contributed by atoms with Crippen LogP contribution < -0.4 is 5.56 Å². The molecule has 0 aliphatic rings. The van der Waals surface area contributed by atoms with E-state index in [2.05, 4.69) is 10.1 Å². The molecule has 1 atom stereocenters. The Morgan fingerprint density at radius 2 is 2.33 bits per heavy atom. The van der Waals surface area contributed by atoms with Crippen molar-refractivity contribution in [1.82, 2.24) is 14.7 Å². The summed E-state index contributed by atoms with van der Waals surface area (Å²) in [5.41, 5.74) is 0.487. The number of aromatic nitrogens is 3. The number of hydrogen-bond donors (Lipinski definition) is 0. The normalized spacial score (nSPS) is 12.6. The second-order valence-corrected chi connectivity index (χ2v) is 4.61. The zero-order valence-electron chi connectivity index (χ0n) is 10.3. The molecular weight excluding hydrogens is 254 g/mol. The molecule has 2 heterocycles. The lowest BCUT2D eigenvalue weighted by atomic mass is 10.2. The number of aryl methyl sites for hydroxylation is 1. The predicted molar refractivity (Wildman–Crippen MR) is 68.5 cm³/mol. The first-order chi connectivity index (χ1) is 8.61. The maximum Gasteiger partial charge on any atom is 0.258 e. The van der Waals surface area contributed by atoms with Crippen LogP contribution in [0, 0.1) is 0 Å². The van der Waals surface area contributed by atoms with Gasteiger partial charge < -0.3 is 9.09 Å². The van der Waals surface area contributed by atoms with Gasteiger partial charge in [-0.3, -0.25) is 4.79 Å². The molecular formula is C12H14ClN3O2. The molecule has 0 amide bonds. The molecule has 18 heavy (non-hydrogen) atoms. The molecule has 2 aromatic rings. The highest BCUT2D eigenvalue weighted by Gasteiger charge is 2.16. The molecule has 0 radical (unpaired) electrons. The Hall–Kier alpha value is -1.62. The van der Waals surface area contributed by atoms with Crippen molar-refractivity contribution in [2.75, 3.05) is 0 Å².